The highest BCUT2D eigenvalue weighted by atomic mass is 32.2. The van der Waals surface area contributed by atoms with E-state index >= 15 is 0 Å². The van der Waals surface area contributed by atoms with E-state index < -0.39 is 0 Å². The molecule has 4 heteroatoms. The second-order valence-corrected chi connectivity index (χ2v) is 6.21. The normalized spacial score (nSPS) is 10.8. The van der Waals surface area contributed by atoms with Crippen molar-refractivity contribution >= 4 is 28.4 Å². The Balaban J connectivity index is 2.06. The Bertz CT molecular complexity index is 772. The summed E-state index contributed by atoms with van der Waals surface area (Å²) in [4.78, 5) is 7.14. The Morgan fingerprint density at radius 1 is 1.09 bits per heavy atom. The largest absolute Gasteiger partial charge is 0.383 e. The van der Waals surface area contributed by atoms with Gasteiger partial charge in [-0.3, -0.25) is 4.98 Å². The second-order valence-electron chi connectivity index (χ2n) is 5.09. The van der Waals surface area contributed by atoms with Gasteiger partial charge < -0.3 is 11.1 Å². The number of anilines is 1. The van der Waals surface area contributed by atoms with Crippen molar-refractivity contribution < 1.29 is 0 Å². The molecule has 0 unspecified atom stereocenters. The van der Waals surface area contributed by atoms with Gasteiger partial charge in [0.2, 0.25) is 0 Å². The Kier molecular flexibility index (Phi) is 4.61. The average Bonchev–Trinajstić information content (AvgIpc) is 2.54. The van der Waals surface area contributed by atoms with E-state index in [9.17, 15) is 0 Å². The number of hydrogen-bond donors (Lipinski definition) is 2. The number of aryl methyl sites for hydroxylation is 1. The molecule has 0 aliphatic carbocycles. The average molecular weight is 309 g/mol. The Labute approximate surface area is 134 Å². The van der Waals surface area contributed by atoms with Gasteiger partial charge in [-0.2, -0.15) is 0 Å². The summed E-state index contributed by atoms with van der Waals surface area (Å²) in [6.07, 6.45) is 0. The second kappa shape index (κ2) is 6.81. The van der Waals surface area contributed by atoms with Crippen LogP contribution in [0.2, 0.25) is 0 Å². The van der Waals surface area contributed by atoms with Crippen LogP contribution in [0.25, 0.3) is 10.9 Å². The number of pyridine rings is 1. The number of hydrogen-bond acceptors (Lipinski definition) is 4. The fraction of sp³-hybridized carbons (Fsp3) is 0.167. The number of fused-ring (bicyclic) bond motifs is 1. The SMILES string of the molecule is Cc1cc(NCCN)c2cccc(Sc3ccccc3)c2n1. The van der Waals surface area contributed by atoms with Crippen LogP contribution in [0.15, 0.2) is 64.4 Å². The van der Waals surface area contributed by atoms with Gasteiger partial charge in [0.15, 0.2) is 0 Å². The van der Waals surface area contributed by atoms with Gasteiger partial charge in [-0.15, -0.1) is 0 Å². The fourth-order valence-corrected chi connectivity index (χ4v) is 3.35. The van der Waals surface area contributed by atoms with Crippen molar-refractivity contribution in [3.05, 3.63) is 60.3 Å². The molecule has 0 aliphatic heterocycles. The lowest BCUT2D eigenvalue weighted by atomic mass is 10.1. The summed E-state index contributed by atoms with van der Waals surface area (Å²) < 4.78 is 0. The summed E-state index contributed by atoms with van der Waals surface area (Å²) in [6.45, 7) is 3.40. The highest BCUT2D eigenvalue weighted by molar-refractivity contribution is 7.99. The third kappa shape index (κ3) is 3.24. The van der Waals surface area contributed by atoms with Crippen molar-refractivity contribution in [1.29, 1.82) is 0 Å². The Hall–Kier alpha value is -2.04. The number of nitrogens with one attached hydrogen (secondary N) is 1. The zero-order chi connectivity index (χ0) is 15.4. The number of nitrogens with two attached hydrogens (primary N) is 1. The molecule has 3 nitrogen and oxygen atoms in total. The van der Waals surface area contributed by atoms with Crippen molar-refractivity contribution in [2.45, 2.75) is 16.7 Å². The quantitative estimate of drug-likeness (QED) is 0.746. The predicted octanol–water partition coefficient (Wildman–Crippen LogP) is 4.07. The molecular formula is C18H19N3S. The van der Waals surface area contributed by atoms with Crippen LogP contribution in [-0.4, -0.2) is 18.1 Å². The number of rotatable bonds is 5. The molecule has 3 rings (SSSR count). The molecule has 0 bridgehead atoms. The van der Waals surface area contributed by atoms with E-state index in [1.807, 2.05) is 13.0 Å². The molecule has 0 saturated carbocycles. The summed E-state index contributed by atoms with van der Waals surface area (Å²) in [5, 5.41) is 4.53. The molecule has 3 aromatic rings. The maximum atomic E-state index is 5.61. The summed E-state index contributed by atoms with van der Waals surface area (Å²) >= 11 is 1.74. The highest BCUT2D eigenvalue weighted by Crippen LogP contribution is 2.35. The summed E-state index contributed by atoms with van der Waals surface area (Å²) in [5.41, 5.74) is 8.75. The van der Waals surface area contributed by atoms with E-state index in [-0.39, 0.29) is 0 Å². The molecule has 112 valence electrons. The summed E-state index contributed by atoms with van der Waals surface area (Å²) in [7, 11) is 0. The smallest absolute Gasteiger partial charge is 0.0865 e. The first-order chi connectivity index (χ1) is 10.8. The van der Waals surface area contributed by atoms with Gasteiger partial charge in [-0.05, 0) is 31.2 Å². The lowest BCUT2D eigenvalue weighted by Gasteiger charge is -2.12. The molecule has 0 radical (unpaired) electrons. The van der Waals surface area contributed by atoms with Crippen LogP contribution in [0.5, 0.6) is 0 Å². The Morgan fingerprint density at radius 2 is 1.91 bits per heavy atom. The zero-order valence-corrected chi connectivity index (χ0v) is 13.4. The van der Waals surface area contributed by atoms with E-state index in [0.29, 0.717) is 6.54 Å². The first-order valence-electron chi connectivity index (χ1n) is 7.35. The maximum Gasteiger partial charge on any atom is 0.0865 e. The molecule has 0 spiro atoms. The van der Waals surface area contributed by atoms with E-state index in [1.165, 1.54) is 9.79 Å². The molecule has 1 heterocycles. The zero-order valence-electron chi connectivity index (χ0n) is 12.5. The van der Waals surface area contributed by atoms with Crippen LogP contribution in [0.1, 0.15) is 5.69 Å². The number of para-hydroxylation sites is 1. The minimum absolute atomic E-state index is 0.612. The van der Waals surface area contributed by atoms with Gasteiger partial charge in [0, 0.05) is 39.6 Å². The van der Waals surface area contributed by atoms with Crippen LogP contribution in [0.3, 0.4) is 0 Å². The minimum atomic E-state index is 0.612. The molecule has 0 amide bonds. The topological polar surface area (TPSA) is 50.9 Å². The van der Waals surface area contributed by atoms with Crippen LogP contribution >= 0.6 is 11.8 Å². The monoisotopic (exact) mass is 309 g/mol. The van der Waals surface area contributed by atoms with Gasteiger partial charge in [0.1, 0.15) is 0 Å². The van der Waals surface area contributed by atoms with E-state index in [2.05, 4.69) is 53.8 Å². The first-order valence-corrected chi connectivity index (χ1v) is 8.17. The molecule has 0 saturated heterocycles. The van der Waals surface area contributed by atoms with Gasteiger partial charge in [-0.25, -0.2) is 0 Å². The van der Waals surface area contributed by atoms with Crippen molar-refractivity contribution in [1.82, 2.24) is 4.98 Å². The van der Waals surface area contributed by atoms with Crippen LogP contribution in [0.4, 0.5) is 5.69 Å². The van der Waals surface area contributed by atoms with Crippen molar-refractivity contribution in [2.75, 3.05) is 18.4 Å². The first kappa shape index (κ1) is 14.9. The third-order valence-electron chi connectivity index (χ3n) is 3.36. The molecule has 0 fully saturated rings. The minimum Gasteiger partial charge on any atom is -0.383 e. The van der Waals surface area contributed by atoms with Crippen molar-refractivity contribution in [3.8, 4) is 0 Å². The lowest BCUT2D eigenvalue weighted by Crippen LogP contribution is -2.13. The maximum absolute atomic E-state index is 5.61. The molecule has 3 N–H and O–H groups in total. The van der Waals surface area contributed by atoms with Crippen molar-refractivity contribution in [2.24, 2.45) is 5.73 Å². The highest BCUT2D eigenvalue weighted by Gasteiger charge is 2.09. The van der Waals surface area contributed by atoms with Crippen LogP contribution in [-0.2, 0) is 0 Å². The lowest BCUT2D eigenvalue weighted by molar-refractivity contribution is 1.02. The number of nitrogens with zero attached hydrogens (tertiary/aromatic N) is 1. The standard InChI is InChI=1S/C18H19N3S/c1-13-12-16(20-11-10-19)15-8-5-9-17(18(15)21-13)22-14-6-3-2-4-7-14/h2-9,12H,10-11,19H2,1H3,(H,20,21). The van der Waals surface area contributed by atoms with Gasteiger partial charge in [-0.1, -0.05) is 42.1 Å². The van der Waals surface area contributed by atoms with Gasteiger partial charge in [0.25, 0.3) is 0 Å². The molecule has 0 atom stereocenters. The summed E-state index contributed by atoms with van der Waals surface area (Å²) in [6, 6.07) is 18.8. The van der Waals surface area contributed by atoms with Crippen molar-refractivity contribution in [3.63, 3.8) is 0 Å². The van der Waals surface area contributed by atoms with E-state index in [4.69, 9.17) is 10.7 Å². The third-order valence-corrected chi connectivity index (χ3v) is 4.42. The van der Waals surface area contributed by atoms with Crippen LogP contribution in [0, 0.1) is 6.92 Å². The fourth-order valence-electron chi connectivity index (χ4n) is 2.40. The molecule has 0 aliphatic rings. The molecular weight excluding hydrogens is 290 g/mol. The molecule has 1 aromatic heterocycles. The van der Waals surface area contributed by atoms with Gasteiger partial charge in [0.05, 0.1) is 5.52 Å². The number of benzene rings is 2. The number of aromatic nitrogens is 1. The van der Waals surface area contributed by atoms with Gasteiger partial charge >= 0.3 is 0 Å². The van der Waals surface area contributed by atoms with Crippen LogP contribution < -0.4 is 11.1 Å². The Morgan fingerprint density at radius 3 is 2.68 bits per heavy atom. The predicted molar refractivity (Wildman–Crippen MR) is 94.6 cm³/mol. The van der Waals surface area contributed by atoms with E-state index in [1.54, 1.807) is 11.8 Å². The molecule has 2 aromatic carbocycles. The molecule has 22 heavy (non-hydrogen) atoms. The summed E-state index contributed by atoms with van der Waals surface area (Å²) in [5.74, 6) is 0. The van der Waals surface area contributed by atoms with E-state index in [0.717, 1.165) is 28.8 Å².